The van der Waals surface area contributed by atoms with E-state index >= 15 is 0 Å². The van der Waals surface area contributed by atoms with E-state index in [1.165, 1.54) is 11.1 Å². The molecule has 0 aromatic heterocycles. The summed E-state index contributed by atoms with van der Waals surface area (Å²) < 4.78 is 0. The third-order valence-electron chi connectivity index (χ3n) is 3.91. The van der Waals surface area contributed by atoms with Gasteiger partial charge in [0.2, 0.25) is 0 Å². The summed E-state index contributed by atoms with van der Waals surface area (Å²) in [5.74, 6) is 0.899. The maximum atomic E-state index is 6.39. The molecule has 0 saturated heterocycles. The number of nitrogens with one attached hydrogen (secondary N) is 1. The molecule has 94 valence electrons. The summed E-state index contributed by atoms with van der Waals surface area (Å²) in [6.07, 6.45) is 6.53. The van der Waals surface area contributed by atoms with E-state index in [4.69, 9.17) is 11.5 Å². The lowest BCUT2D eigenvalue weighted by molar-refractivity contribution is 0.305. The molecule has 1 aromatic carbocycles. The van der Waals surface area contributed by atoms with Gasteiger partial charge in [0, 0.05) is 5.92 Å². The van der Waals surface area contributed by atoms with Crippen molar-refractivity contribution in [1.29, 1.82) is 0 Å². The number of hydrogen-bond donors (Lipinski definition) is 3. The van der Waals surface area contributed by atoms with Crippen LogP contribution in [0, 0.1) is 5.92 Å². The van der Waals surface area contributed by atoms with Crippen LogP contribution in [-0.4, -0.2) is 12.0 Å². The topological polar surface area (TPSA) is 76.4 Å². The normalized spacial score (nSPS) is 30.3. The van der Waals surface area contributed by atoms with Crippen molar-refractivity contribution < 1.29 is 0 Å². The van der Waals surface area contributed by atoms with Gasteiger partial charge in [0.25, 0.3) is 0 Å². The predicted molar refractivity (Wildman–Crippen MR) is 72.8 cm³/mol. The lowest BCUT2D eigenvalue weighted by Gasteiger charge is -2.36. The van der Waals surface area contributed by atoms with Crippen LogP contribution in [0.15, 0.2) is 41.2 Å². The second kappa shape index (κ2) is 4.14. The van der Waals surface area contributed by atoms with Gasteiger partial charge in [-0.25, -0.2) is 4.99 Å². The maximum Gasteiger partial charge on any atom is 0.135 e. The average Bonchev–Trinajstić information content (AvgIpc) is 2.38. The highest BCUT2D eigenvalue weighted by atomic mass is 15.1. The Kier molecular flexibility index (Phi) is 2.59. The summed E-state index contributed by atoms with van der Waals surface area (Å²) in [6, 6.07) is 8.56. The second-order valence-corrected chi connectivity index (χ2v) is 5.10. The number of aliphatic imine (C=N–C) groups is 1. The molecule has 0 amide bonds. The lowest BCUT2D eigenvalue weighted by atomic mass is 9.77. The van der Waals surface area contributed by atoms with E-state index < -0.39 is 5.66 Å². The van der Waals surface area contributed by atoms with E-state index in [1.807, 2.05) is 6.08 Å². The zero-order chi connectivity index (χ0) is 12.6. The van der Waals surface area contributed by atoms with Crippen molar-refractivity contribution in [3.05, 3.63) is 47.3 Å². The Morgan fingerprint density at radius 2 is 2.06 bits per heavy atom. The summed E-state index contributed by atoms with van der Waals surface area (Å²) in [5.41, 5.74) is 14.3. The van der Waals surface area contributed by atoms with E-state index in [-0.39, 0.29) is 0 Å². The molecule has 0 spiro atoms. The zero-order valence-corrected chi connectivity index (χ0v) is 10.3. The Morgan fingerprint density at radius 1 is 1.28 bits per heavy atom. The number of benzene rings is 1. The van der Waals surface area contributed by atoms with Crippen LogP contribution in [0.3, 0.4) is 0 Å². The van der Waals surface area contributed by atoms with Crippen molar-refractivity contribution in [3.63, 3.8) is 0 Å². The van der Waals surface area contributed by atoms with Gasteiger partial charge in [-0.05, 0) is 36.5 Å². The second-order valence-electron chi connectivity index (χ2n) is 5.10. The summed E-state index contributed by atoms with van der Waals surface area (Å²) in [7, 11) is 0. The fraction of sp³-hybridized carbons (Fsp3) is 0.357. The van der Waals surface area contributed by atoms with Crippen LogP contribution in [0.2, 0.25) is 0 Å². The lowest BCUT2D eigenvalue weighted by Crippen LogP contribution is -2.49. The van der Waals surface area contributed by atoms with Gasteiger partial charge in [-0.15, -0.1) is 0 Å². The molecule has 2 unspecified atom stereocenters. The molecule has 2 aliphatic rings. The van der Waals surface area contributed by atoms with Gasteiger partial charge in [0.05, 0.1) is 6.34 Å². The molecule has 0 fully saturated rings. The summed E-state index contributed by atoms with van der Waals surface area (Å²) in [6.45, 7) is 0. The molecule has 4 nitrogen and oxygen atoms in total. The van der Waals surface area contributed by atoms with Crippen LogP contribution in [-0.2, 0) is 12.8 Å². The Morgan fingerprint density at radius 3 is 2.83 bits per heavy atom. The average molecular weight is 242 g/mol. The molecule has 3 rings (SSSR count). The number of rotatable bonds is 1. The molecule has 0 bridgehead atoms. The number of aryl methyl sites for hydroxylation is 1. The van der Waals surface area contributed by atoms with Crippen LogP contribution >= 0.6 is 0 Å². The molecular formula is C14H18N4. The largest absolute Gasteiger partial charge is 0.385 e. The van der Waals surface area contributed by atoms with Crippen molar-refractivity contribution in [2.45, 2.75) is 24.9 Å². The highest BCUT2D eigenvalue weighted by Crippen LogP contribution is 2.33. The predicted octanol–water partition coefficient (Wildman–Crippen LogP) is 0.878. The smallest absolute Gasteiger partial charge is 0.135 e. The van der Waals surface area contributed by atoms with Gasteiger partial charge >= 0.3 is 0 Å². The van der Waals surface area contributed by atoms with E-state index in [0.717, 1.165) is 19.3 Å². The van der Waals surface area contributed by atoms with Gasteiger partial charge in [-0.2, -0.15) is 0 Å². The first-order chi connectivity index (χ1) is 8.67. The van der Waals surface area contributed by atoms with Gasteiger partial charge < -0.3 is 16.8 Å². The number of fused-ring (bicyclic) bond motifs is 1. The Balaban J connectivity index is 1.88. The first kappa shape index (κ1) is 11.3. The number of hydrogen-bond acceptors (Lipinski definition) is 4. The van der Waals surface area contributed by atoms with E-state index in [9.17, 15) is 0 Å². The number of nitrogens with zero attached hydrogens (tertiary/aromatic N) is 1. The zero-order valence-electron chi connectivity index (χ0n) is 10.3. The molecule has 1 aliphatic carbocycles. The van der Waals surface area contributed by atoms with Crippen molar-refractivity contribution in [2.75, 3.05) is 0 Å². The molecule has 2 atom stereocenters. The van der Waals surface area contributed by atoms with Crippen LogP contribution in [0.25, 0.3) is 0 Å². The fourth-order valence-electron chi connectivity index (χ4n) is 2.86. The quantitative estimate of drug-likeness (QED) is 0.684. The minimum absolute atomic E-state index is 0.310. The molecular weight excluding hydrogens is 224 g/mol. The van der Waals surface area contributed by atoms with E-state index in [0.29, 0.717) is 11.7 Å². The minimum atomic E-state index is -0.664. The summed E-state index contributed by atoms with van der Waals surface area (Å²) >= 11 is 0. The highest BCUT2D eigenvalue weighted by molar-refractivity contribution is 5.60. The molecule has 0 saturated carbocycles. The van der Waals surface area contributed by atoms with Gasteiger partial charge in [0.15, 0.2) is 0 Å². The number of nitrogens with two attached hydrogens (primary N) is 2. The Labute approximate surface area is 107 Å². The van der Waals surface area contributed by atoms with Crippen molar-refractivity contribution >= 4 is 6.34 Å². The molecule has 0 radical (unpaired) electrons. The standard InChI is InChI=1S/C14H18N4/c15-13-8-14(16,18-9-17-13)12-6-5-10-3-1-2-4-11(10)7-12/h1-4,8-9,12H,5-7,15-16H2,(H,17,18). The molecule has 1 heterocycles. The Bertz CT molecular complexity index is 520. The van der Waals surface area contributed by atoms with Crippen LogP contribution in [0.4, 0.5) is 0 Å². The van der Waals surface area contributed by atoms with Gasteiger partial charge in [-0.1, -0.05) is 24.3 Å². The molecule has 1 aromatic rings. The third-order valence-corrected chi connectivity index (χ3v) is 3.91. The van der Waals surface area contributed by atoms with Gasteiger partial charge in [-0.3, -0.25) is 0 Å². The van der Waals surface area contributed by atoms with Crippen LogP contribution in [0.5, 0.6) is 0 Å². The Hall–Kier alpha value is -1.81. The summed E-state index contributed by atoms with van der Waals surface area (Å²) in [5, 5.41) is 2.86. The van der Waals surface area contributed by atoms with E-state index in [2.05, 4.69) is 34.6 Å². The van der Waals surface area contributed by atoms with Crippen LogP contribution in [0.1, 0.15) is 17.5 Å². The molecule has 4 heteroatoms. The van der Waals surface area contributed by atoms with E-state index in [1.54, 1.807) is 6.34 Å². The SMILES string of the molecule is NC1=CC(N)(C2CCc3ccccc3C2)N=CN1. The molecule has 5 N–H and O–H groups in total. The monoisotopic (exact) mass is 242 g/mol. The maximum absolute atomic E-state index is 6.39. The van der Waals surface area contributed by atoms with Crippen molar-refractivity contribution in [3.8, 4) is 0 Å². The fourth-order valence-corrected chi connectivity index (χ4v) is 2.86. The highest BCUT2D eigenvalue weighted by Gasteiger charge is 2.36. The van der Waals surface area contributed by atoms with Gasteiger partial charge in [0.1, 0.15) is 11.5 Å². The third kappa shape index (κ3) is 1.88. The van der Waals surface area contributed by atoms with Crippen molar-refractivity contribution in [1.82, 2.24) is 5.32 Å². The molecule has 1 aliphatic heterocycles. The molecule has 18 heavy (non-hydrogen) atoms. The summed E-state index contributed by atoms with van der Waals surface area (Å²) in [4.78, 5) is 4.39. The van der Waals surface area contributed by atoms with Crippen molar-refractivity contribution in [2.24, 2.45) is 22.4 Å². The minimum Gasteiger partial charge on any atom is -0.385 e. The first-order valence-electron chi connectivity index (χ1n) is 6.31. The van der Waals surface area contributed by atoms with Crippen LogP contribution < -0.4 is 16.8 Å². The first-order valence-corrected chi connectivity index (χ1v) is 6.31.